The van der Waals surface area contributed by atoms with Gasteiger partial charge < -0.3 is 18.8 Å². The van der Waals surface area contributed by atoms with Crippen LogP contribution in [0.5, 0.6) is 5.75 Å². The van der Waals surface area contributed by atoms with Crippen molar-refractivity contribution < 1.29 is 31.5 Å². The van der Waals surface area contributed by atoms with E-state index in [-0.39, 0.29) is 6.16 Å². The number of aromatic amines is 1. The Bertz CT molecular complexity index is 1910. The molecule has 0 bridgehead atoms. The van der Waals surface area contributed by atoms with Crippen molar-refractivity contribution in [3.8, 4) is 17.1 Å². The summed E-state index contributed by atoms with van der Waals surface area (Å²) in [4.78, 5) is 10.4. The van der Waals surface area contributed by atoms with Gasteiger partial charge in [-0.15, -0.1) is 0 Å². The number of hydrogen-bond donors (Lipinski definition) is 1. The molecule has 0 unspecified atom stereocenters. The van der Waals surface area contributed by atoms with E-state index in [0.29, 0.717) is 37.1 Å². The molecule has 1 fully saturated rings. The van der Waals surface area contributed by atoms with E-state index < -0.39 is 19.3 Å². The van der Waals surface area contributed by atoms with Crippen LogP contribution in [0.4, 0.5) is 13.2 Å². The molecule has 0 amide bonds. The van der Waals surface area contributed by atoms with Crippen molar-refractivity contribution in [2.75, 3.05) is 26.3 Å². The van der Waals surface area contributed by atoms with E-state index >= 15 is 0 Å². The number of H-pyrrole nitrogens is 1. The lowest BCUT2D eigenvalue weighted by molar-refractivity contribution is -0.137. The van der Waals surface area contributed by atoms with Crippen molar-refractivity contribution in [2.24, 2.45) is 5.92 Å². The first-order valence-corrected chi connectivity index (χ1v) is 18.9. The highest BCUT2D eigenvalue weighted by atomic mass is 31.2. The predicted octanol–water partition coefficient (Wildman–Crippen LogP) is 10.0. The molecule has 1 aliphatic heterocycles. The highest BCUT2D eigenvalue weighted by molar-refractivity contribution is 7.53. The van der Waals surface area contributed by atoms with Crippen LogP contribution in [-0.4, -0.2) is 41.2 Å². The van der Waals surface area contributed by atoms with Crippen molar-refractivity contribution in [3.63, 3.8) is 0 Å². The third-order valence-corrected chi connectivity index (χ3v) is 11.1. The maximum Gasteiger partial charge on any atom is 0.416 e. The number of piperidine rings is 1. The lowest BCUT2D eigenvalue weighted by atomic mass is 9.89. The number of alkyl halides is 3. The van der Waals surface area contributed by atoms with Gasteiger partial charge in [0.15, 0.2) is 0 Å². The maximum atomic E-state index is 13.0. The molecule has 2 heterocycles. The first-order chi connectivity index (χ1) is 24.1. The van der Waals surface area contributed by atoms with Gasteiger partial charge in [0, 0.05) is 12.1 Å². The fourth-order valence-electron chi connectivity index (χ4n) is 6.56. The Morgan fingerprint density at radius 3 is 2.30 bits per heavy atom. The number of aromatic nitrogens is 2. The van der Waals surface area contributed by atoms with Crippen LogP contribution < -0.4 is 4.74 Å². The Morgan fingerprint density at radius 1 is 0.860 bits per heavy atom. The van der Waals surface area contributed by atoms with Crippen molar-refractivity contribution in [1.82, 2.24) is 14.9 Å². The SMILES string of the molecule is CCOP(=O)(Cc1cccc(COc2ccccc2CC2CCN(Cc3ccc4nc(-c5ccc(C(F)(F)F)cc5)[nH]c4c3)CC2)c1)OCC. The fraction of sp³-hybridized carbons (Fsp3) is 0.359. The van der Waals surface area contributed by atoms with Crippen molar-refractivity contribution in [2.45, 2.75) is 58.6 Å². The molecular weight excluding hydrogens is 662 g/mol. The normalized spacial score (nSPS) is 14.7. The lowest BCUT2D eigenvalue weighted by Crippen LogP contribution is -2.33. The quantitative estimate of drug-likeness (QED) is 0.116. The van der Waals surface area contributed by atoms with Crippen LogP contribution in [-0.2, 0) is 45.5 Å². The number of nitrogens with zero attached hydrogens (tertiary/aromatic N) is 2. The van der Waals surface area contributed by atoms with E-state index in [1.807, 2.05) is 56.3 Å². The first-order valence-electron chi connectivity index (χ1n) is 17.2. The monoisotopic (exact) mass is 705 g/mol. The number of likely N-dealkylation sites (tertiary alicyclic amines) is 1. The summed E-state index contributed by atoms with van der Waals surface area (Å²) in [6.45, 7) is 7.50. The number of fused-ring (bicyclic) bond motifs is 1. The first kappa shape index (κ1) is 35.9. The molecule has 50 heavy (non-hydrogen) atoms. The Labute approximate surface area is 291 Å². The third-order valence-electron chi connectivity index (χ3n) is 9.04. The van der Waals surface area contributed by atoms with E-state index in [4.69, 9.17) is 13.8 Å². The third kappa shape index (κ3) is 9.23. The van der Waals surface area contributed by atoms with E-state index in [2.05, 4.69) is 39.1 Å². The number of halogens is 3. The number of hydrogen-bond acceptors (Lipinski definition) is 6. The molecule has 5 aromatic rings. The number of rotatable bonds is 14. The number of imidazole rings is 1. The molecule has 0 aliphatic carbocycles. The Kier molecular flexibility index (Phi) is 11.4. The van der Waals surface area contributed by atoms with Gasteiger partial charge in [0.1, 0.15) is 18.2 Å². The average molecular weight is 706 g/mol. The summed E-state index contributed by atoms with van der Waals surface area (Å²) >= 11 is 0. The lowest BCUT2D eigenvalue weighted by Gasteiger charge is -2.32. The van der Waals surface area contributed by atoms with Crippen LogP contribution in [0.2, 0.25) is 0 Å². The molecule has 4 aromatic carbocycles. The predicted molar refractivity (Wildman–Crippen MR) is 190 cm³/mol. The highest BCUT2D eigenvalue weighted by Gasteiger charge is 2.30. The van der Waals surface area contributed by atoms with Gasteiger partial charge in [0.2, 0.25) is 0 Å². The summed E-state index contributed by atoms with van der Waals surface area (Å²) in [5.74, 6) is 1.99. The van der Waals surface area contributed by atoms with Gasteiger partial charge in [-0.05, 0) is 105 Å². The maximum absolute atomic E-state index is 13.0. The zero-order chi connectivity index (χ0) is 35.1. The second kappa shape index (κ2) is 15.9. The van der Waals surface area contributed by atoms with Crippen molar-refractivity contribution in [3.05, 3.63) is 119 Å². The summed E-state index contributed by atoms with van der Waals surface area (Å²) in [6, 6.07) is 27.3. The molecule has 1 aromatic heterocycles. The van der Waals surface area contributed by atoms with Gasteiger partial charge in [-0.25, -0.2) is 4.98 Å². The molecule has 0 spiro atoms. The number of nitrogens with one attached hydrogen (secondary N) is 1. The van der Waals surface area contributed by atoms with Crippen molar-refractivity contribution >= 4 is 18.6 Å². The zero-order valence-corrected chi connectivity index (χ0v) is 29.3. The fourth-order valence-corrected chi connectivity index (χ4v) is 8.25. The molecule has 1 saturated heterocycles. The van der Waals surface area contributed by atoms with E-state index in [9.17, 15) is 17.7 Å². The van der Waals surface area contributed by atoms with Gasteiger partial charge in [-0.1, -0.05) is 60.7 Å². The number of benzene rings is 4. The van der Waals surface area contributed by atoms with Crippen LogP contribution in [0.3, 0.4) is 0 Å². The minimum Gasteiger partial charge on any atom is -0.489 e. The number of ether oxygens (including phenoxy) is 1. The summed E-state index contributed by atoms with van der Waals surface area (Å²) in [6.07, 6.45) is -1.03. The van der Waals surface area contributed by atoms with Crippen LogP contribution in [0.15, 0.2) is 91.0 Å². The van der Waals surface area contributed by atoms with E-state index in [0.717, 1.165) is 78.9 Å². The average Bonchev–Trinajstić information content (AvgIpc) is 3.52. The topological polar surface area (TPSA) is 76.7 Å². The molecule has 1 N–H and O–H groups in total. The van der Waals surface area contributed by atoms with Gasteiger partial charge in [-0.3, -0.25) is 9.46 Å². The van der Waals surface area contributed by atoms with E-state index in [1.165, 1.54) is 23.3 Å². The second-order valence-corrected chi connectivity index (χ2v) is 14.8. The largest absolute Gasteiger partial charge is 0.489 e. The van der Waals surface area contributed by atoms with Gasteiger partial charge in [0.05, 0.1) is 36.0 Å². The minimum absolute atomic E-state index is 0.225. The standard InChI is InChI=1S/C39H43F3N3O4P/c1-3-48-50(46,49-4-2)27-31-9-7-8-30(22-31)26-47-37-11-6-5-10-33(37)23-28-18-20-45(21-19-28)25-29-12-17-35-36(24-29)44-38(43-35)32-13-15-34(16-14-32)39(40,41)42/h5-17,22,24,28H,3-4,18-21,23,25-27H2,1-2H3,(H,43,44). The molecule has 1 aliphatic rings. The zero-order valence-electron chi connectivity index (χ0n) is 28.4. The molecule has 7 nitrogen and oxygen atoms in total. The Hall–Kier alpha value is -3.95. The number of para-hydroxylation sites is 1. The minimum atomic E-state index is -4.37. The Morgan fingerprint density at radius 2 is 1.58 bits per heavy atom. The van der Waals surface area contributed by atoms with Crippen molar-refractivity contribution in [1.29, 1.82) is 0 Å². The molecule has 0 radical (unpaired) electrons. The molecule has 6 rings (SSSR count). The van der Waals surface area contributed by atoms with Crippen LogP contribution in [0, 0.1) is 5.92 Å². The summed E-state index contributed by atoms with van der Waals surface area (Å²) in [5, 5.41) is 0. The summed E-state index contributed by atoms with van der Waals surface area (Å²) in [5.41, 5.74) is 5.84. The highest BCUT2D eigenvalue weighted by Crippen LogP contribution is 2.51. The molecule has 11 heteroatoms. The van der Waals surface area contributed by atoms with Crippen LogP contribution in [0.25, 0.3) is 22.4 Å². The van der Waals surface area contributed by atoms with Crippen LogP contribution in [0.1, 0.15) is 54.5 Å². The summed E-state index contributed by atoms with van der Waals surface area (Å²) < 4.78 is 69.3. The molecular formula is C39H43F3N3O4P. The molecule has 0 saturated carbocycles. The van der Waals surface area contributed by atoms with Gasteiger partial charge >= 0.3 is 13.8 Å². The van der Waals surface area contributed by atoms with Crippen LogP contribution >= 0.6 is 7.60 Å². The molecule has 0 atom stereocenters. The van der Waals surface area contributed by atoms with Gasteiger partial charge in [0.25, 0.3) is 0 Å². The molecule has 264 valence electrons. The Balaban J connectivity index is 1.01. The smallest absolute Gasteiger partial charge is 0.416 e. The summed E-state index contributed by atoms with van der Waals surface area (Å²) in [7, 11) is -3.19. The second-order valence-electron chi connectivity index (χ2n) is 12.8. The van der Waals surface area contributed by atoms with Gasteiger partial charge in [-0.2, -0.15) is 13.2 Å². The van der Waals surface area contributed by atoms with E-state index in [1.54, 1.807) is 0 Å².